The lowest BCUT2D eigenvalue weighted by Crippen LogP contribution is -2.55. The Hall–Kier alpha value is -5.28. The van der Waals surface area contributed by atoms with E-state index in [-0.39, 0.29) is 29.7 Å². The second kappa shape index (κ2) is 13.9. The van der Waals surface area contributed by atoms with Gasteiger partial charge in [0.05, 0.1) is 31.1 Å². The molecule has 1 fully saturated rings. The zero-order valence-corrected chi connectivity index (χ0v) is 27.8. The molecule has 4 aromatic rings. The maximum Gasteiger partial charge on any atom is 0.504 e. The SMILES string of the molecule is C=C(CN(C)C1COC1)C(=O)N(C)Cc1cccc([C@@H]2c3cnn(-c4ccccc4)c3N(CC)C(=O)[C@H]2NC(=O)c2ccn(C(F)(F)F)n2)c1. The van der Waals surface area contributed by atoms with E-state index in [9.17, 15) is 27.6 Å². The summed E-state index contributed by atoms with van der Waals surface area (Å²) in [6.07, 6.45) is -2.54. The molecule has 0 radical (unpaired) electrons. The molecule has 262 valence electrons. The van der Waals surface area contributed by atoms with Crippen LogP contribution in [-0.4, -0.2) is 99.6 Å². The van der Waals surface area contributed by atoms with Gasteiger partial charge >= 0.3 is 6.30 Å². The standard InChI is InChI=1S/C35H37F3N8O4/c1-5-44-32-27(17-39-46(32)25-12-7-6-8-13-25)29(30(34(44)49)40-31(47)28-14-15-45(41-28)35(36,37)38)24-11-9-10-23(16-24)19-43(4)33(48)22(2)18-42(3)26-20-50-21-26/h6-17,26,29-30H,2,5,18-21H2,1,3-4H3,(H,40,47)/t29-,30+/m1/s1. The van der Waals surface area contributed by atoms with Crippen molar-refractivity contribution < 1.29 is 32.3 Å². The Morgan fingerprint density at radius 2 is 1.82 bits per heavy atom. The molecule has 2 aromatic heterocycles. The molecule has 2 atom stereocenters. The number of hydrogen-bond donors (Lipinski definition) is 1. The minimum Gasteiger partial charge on any atom is -0.378 e. The first-order chi connectivity index (χ1) is 23.9. The quantitative estimate of drug-likeness (QED) is 0.239. The molecular formula is C35H37F3N8O4. The van der Waals surface area contributed by atoms with Crippen LogP contribution in [0, 0.1) is 0 Å². The number of alkyl halides is 3. The van der Waals surface area contributed by atoms with Crippen molar-refractivity contribution in [2.24, 2.45) is 0 Å². The Morgan fingerprint density at radius 1 is 1.08 bits per heavy atom. The highest BCUT2D eigenvalue weighted by Gasteiger charge is 2.45. The van der Waals surface area contributed by atoms with Gasteiger partial charge in [-0.05, 0) is 43.3 Å². The third kappa shape index (κ3) is 6.78. The summed E-state index contributed by atoms with van der Waals surface area (Å²) in [4.78, 5) is 46.0. The fraction of sp³-hybridized carbons (Fsp3) is 0.343. The molecule has 2 aliphatic heterocycles. The van der Waals surface area contributed by atoms with Gasteiger partial charge in [-0.15, -0.1) is 13.2 Å². The topological polar surface area (TPSA) is 118 Å². The van der Waals surface area contributed by atoms with Crippen molar-refractivity contribution in [3.8, 4) is 5.69 Å². The van der Waals surface area contributed by atoms with Gasteiger partial charge in [0.25, 0.3) is 17.7 Å². The molecule has 6 rings (SSSR count). The van der Waals surface area contributed by atoms with E-state index in [2.05, 4.69) is 22.1 Å². The average Bonchev–Trinajstić information content (AvgIpc) is 3.73. The summed E-state index contributed by atoms with van der Waals surface area (Å²) in [5.74, 6) is -1.91. The second-order valence-corrected chi connectivity index (χ2v) is 12.4. The van der Waals surface area contributed by atoms with E-state index >= 15 is 0 Å². The summed E-state index contributed by atoms with van der Waals surface area (Å²) in [7, 11) is 3.60. The molecule has 4 heterocycles. The first-order valence-electron chi connectivity index (χ1n) is 16.1. The molecular weight excluding hydrogens is 653 g/mol. The highest BCUT2D eigenvalue weighted by Crippen LogP contribution is 2.41. The molecule has 3 amide bonds. The molecule has 2 aliphatic rings. The van der Waals surface area contributed by atoms with Gasteiger partial charge in [0.2, 0.25) is 0 Å². The molecule has 0 spiro atoms. The van der Waals surface area contributed by atoms with E-state index in [1.807, 2.05) is 54.4 Å². The van der Waals surface area contributed by atoms with Crippen LogP contribution in [0.5, 0.6) is 0 Å². The smallest absolute Gasteiger partial charge is 0.378 e. The van der Waals surface area contributed by atoms with Crippen molar-refractivity contribution in [1.82, 2.24) is 34.7 Å². The Morgan fingerprint density at radius 3 is 2.46 bits per heavy atom. The second-order valence-electron chi connectivity index (χ2n) is 12.4. The molecule has 50 heavy (non-hydrogen) atoms. The van der Waals surface area contributed by atoms with E-state index in [1.165, 1.54) is 4.90 Å². The summed E-state index contributed by atoms with van der Waals surface area (Å²) in [5.41, 5.74) is 2.67. The Bertz CT molecular complexity index is 1900. The van der Waals surface area contributed by atoms with E-state index < -0.39 is 35.8 Å². The Balaban J connectivity index is 1.34. The summed E-state index contributed by atoms with van der Waals surface area (Å²) >= 11 is 0. The molecule has 1 N–H and O–H groups in total. The van der Waals surface area contributed by atoms with Crippen LogP contribution >= 0.6 is 0 Å². The molecule has 15 heteroatoms. The number of likely N-dealkylation sites (N-methyl/N-ethyl adjacent to an activating group) is 3. The zero-order chi connectivity index (χ0) is 35.7. The maximum absolute atomic E-state index is 14.3. The number of aromatic nitrogens is 4. The molecule has 0 aliphatic carbocycles. The molecule has 0 saturated carbocycles. The maximum atomic E-state index is 14.3. The minimum absolute atomic E-state index is 0.219. The number of ether oxygens (including phenoxy) is 1. The number of amides is 3. The van der Waals surface area contributed by atoms with Crippen LogP contribution in [0.3, 0.4) is 0 Å². The van der Waals surface area contributed by atoms with Crippen LogP contribution in [0.15, 0.2) is 85.2 Å². The zero-order valence-electron chi connectivity index (χ0n) is 27.8. The lowest BCUT2D eigenvalue weighted by atomic mass is 9.82. The Labute approximate surface area is 286 Å². The number of nitrogens with one attached hydrogen (secondary N) is 1. The van der Waals surface area contributed by atoms with Crippen LogP contribution in [0.2, 0.25) is 0 Å². The number of hydrogen-bond acceptors (Lipinski definition) is 7. The van der Waals surface area contributed by atoms with Crippen molar-refractivity contribution in [1.29, 1.82) is 0 Å². The van der Waals surface area contributed by atoms with E-state index in [1.54, 1.807) is 41.9 Å². The number of anilines is 1. The number of benzene rings is 2. The number of carbonyl (C=O) groups is 3. The number of para-hydroxylation sites is 1. The normalized spacial score (nSPS) is 17.7. The van der Waals surface area contributed by atoms with Crippen LogP contribution < -0.4 is 10.2 Å². The van der Waals surface area contributed by atoms with Gasteiger partial charge in [0.15, 0.2) is 0 Å². The van der Waals surface area contributed by atoms with Gasteiger partial charge < -0.3 is 15.0 Å². The van der Waals surface area contributed by atoms with Crippen LogP contribution in [0.4, 0.5) is 19.0 Å². The van der Waals surface area contributed by atoms with Gasteiger partial charge in [0, 0.05) is 49.9 Å². The predicted molar refractivity (Wildman–Crippen MR) is 178 cm³/mol. The first-order valence-corrected chi connectivity index (χ1v) is 16.1. The molecule has 2 aromatic carbocycles. The van der Waals surface area contributed by atoms with Crippen LogP contribution in [0.25, 0.3) is 5.69 Å². The third-order valence-electron chi connectivity index (χ3n) is 8.98. The Kier molecular flexibility index (Phi) is 9.62. The number of carbonyl (C=O) groups excluding carboxylic acids is 3. The van der Waals surface area contributed by atoms with Gasteiger partial charge in [-0.3, -0.25) is 24.2 Å². The lowest BCUT2D eigenvalue weighted by Gasteiger charge is -2.38. The fourth-order valence-electron chi connectivity index (χ4n) is 6.30. The first kappa shape index (κ1) is 34.6. The number of fused-ring (bicyclic) bond motifs is 1. The summed E-state index contributed by atoms with van der Waals surface area (Å²) in [5, 5.41) is 10.7. The van der Waals surface area contributed by atoms with Gasteiger partial charge in [-0.2, -0.15) is 14.9 Å². The molecule has 12 nitrogen and oxygen atoms in total. The van der Waals surface area contributed by atoms with Crippen LogP contribution in [-0.2, 0) is 27.2 Å². The summed E-state index contributed by atoms with van der Waals surface area (Å²) < 4.78 is 46.4. The molecule has 0 unspecified atom stereocenters. The highest BCUT2D eigenvalue weighted by atomic mass is 19.4. The number of halogens is 3. The highest BCUT2D eigenvalue weighted by molar-refractivity contribution is 6.04. The largest absolute Gasteiger partial charge is 0.504 e. The number of nitrogens with zero attached hydrogens (tertiary/aromatic N) is 7. The van der Waals surface area contributed by atoms with Gasteiger partial charge in [-0.25, -0.2) is 4.68 Å². The molecule has 0 bridgehead atoms. The van der Waals surface area contributed by atoms with E-state index in [4.69, 9.17) is 4.74 Å². The third-order valence-corrected chi connectivity index (χ3v) is 8.98. The monoisotopic (exact) mass is 690 g/mol. The van der Waals surface area contributed by atoms with Crippen LogP contribution in [0.1, 0.15) is 40.0 Å². The number of rotatable bonds is 11. The minimum atomic E-state index is -4.82. The van der Waals surface area contributed by atoms with Crippen molar-refractivity contribution in [2.45, 2.75) is 37.8 Å². The van der Waals surface area contributed by atoms with Gasteiger partial charge in [0.1, 0.15) is 17.6 Å². The van der Waals surface area contributed by atoms with Crippen molar-refractivity contribution in [2.75, 3.05) is 45.3 Å². The lowest BCUT2D eigenvalue weighted by molar-refractivity contribution is -0.212. The van der Waals surface area contributed by atoms with E-state index in [0.29, 0.717) is 54.2 Å². The van der Waals surface area contributed by atoms with Gasteiger partial charge in [-0.1, -0.05) is 49.0 Å². The summed E-state index contributed by atoms with van der Waals surface area (Å²) in [6, 6.07) is 16.5. The average molecular weight is 691 g/mol. The fourth-order valence-corrected chi connectivity index (χ4v) is 6.30. The van der Waals surface area contributed by atoms with E-state index in [0.717, 1.165) is 11.6 Å². The van der Waals surface area contributed by atoms with Crippen molar-refractivity contribution in [3.05, 3.63) is 108 Å². The predicted octanol–water partition coefficient (Wildman–Crippen LogP) is 3.69. The summed E-state index contributed by atoms with van der Waals surface area (Å²) in [6.45, 7) is 7.88. The molecule has 1 saturated heterocycles. The van der Waals surface area contributed by atoms with Crippen molar-refractivity contribution >= 4 is 23.5 Å². The van der Waals surface area contributed by atoms with Crippen molar-refractivity contribution in [3.63, 3.8) is 0 Å².